The van der Waals surface area contributed by atoms with E-state index in [1.807, 2.05) is 0 Å². The normalized spacial score (nSPS) is 11.3. The Kier molecular flexibility index (Phi) is 29.3. The number of carboxylic acids is 2. The zero-order valence-electron chi connectivity index (χ0n) is 9.17. The molecule has 0 aliphatic rings. The second kappa shape index (κ2) is 14.8. The zero-order chi connectivity index (χ0) is 9.02. The molecular formula is C6H12Na2O7. The molecule has 0 aliphatic carbocycles. The summed E-state index contributed by atoms with van der Waals surface area (Å²) < 4.78 is 4.57. The number of hydrogen-bond donors (Lipinski definition) is 2. The fourth-order valence-corrected chi connectivity index (χ4v) is 0.423. The van der Waals surface area contributed by atoms with Crippen molar-refractivity contribution in [1.29, 1.82) is 0 Å². The van der Waals surface area contributed by atoms with Gasteiger partial charge in [-0.1, -0.05) is 0 Å². The van der Waals surface area contributed by atoms with Crippen LogP contribution in [0.25, 0.3) is 0 Å². The van der Waals surface area contributed by atoms with Gasteiger partial charge in [-0.3, -0.25) is 0 Å². The van der Waals surface area contributed by atoms with Crippen LogP contribution in [-0.2, 0) is 14.3 Å². The first kappa shape index (κ1) is 29.7. The summed E-state index contributed by atoms with van der Waals surface area (Å²) in [6.07, 6.45) is -2.16. The second-order valence-corrected chi connectivity index (χ2v) is 2.10. The van der Waals surface area contributed by atoms with Crippen LogP contribution in [0.15, 0.2) is 0 Å². The van der Waals surface area contributed by atoms with E-state index < -0.39 is 24.1 Å². The molecule has 2 atom stereocenters. The fourth-order valence-electron chi connectivity index (χ4n) is 0.423. The summed E-state index contributed by atoms with van der Waals surface area (Å²) in [6, 6.07) is 0. The summed E-state index contributed by atoms with van der Waals surface area (Å²) in [5, 5.41) is 16.6. The first-order valence-electron chi connectivity index (χ1n) is 3.06. The Bertz CT molecular complexity index is 157. The molecule has 0 aliphatic heterocycles. The van der Waals surface area contributed by atoms with Gasteiger partial charge in [-0.15, -0.1) is 0 Å². The molecular weight excluding hydrogens is 230 g/mol. The van der Waals surface area contributed by atoms with E-state index in [4.69, 9.17) is 10.2 Å². The summed E-state index contributed by atoms with van der Waals surface area (Å²) in [7, 11) is 0. The zero-order valence-corrected chi connectivity index (χ0v) is 13.2. The Balaban J connectivity index is -0.0000000833. The smallest absolute Gasteiger partial charge is 0.870 e. The average Bonchev–Trinajstić information content (AvgIpc) is 1.87. The van der Waals surface area contributed by atoms with Crippen LogP contribution in [0, 0.1) is 0 Å². The molecule has 0 heterocycles. The van der Waals surface area contributed by atoms with Crippen molar-refractivity contribution >= 4 is 11.9 Å². The Morgan fingerprint density at radius 3 is 1.27 bits per heavy atom. The van der Waals surface area contributed by atoms with Crippen molar-refractivity contribution in [1.82, 2.24) is 0 Å². The standard InChI is InChI=1S/C6H10O5.2Na.2H2O/c1-3(5(7)8)11-4(2)6(9)10;;;;/h3-4H,1-2H3,(H,7,8)(H,9,10);;;2*1H2/q;2*+1;;/p-2. The monoisotopic (exact) mass is 242 g/mol. The SMILES string of the molecule is CC(OC(C)C(=O)O)C(=O)O.[Na+].[Na+].[OH-].[OH-]. The van der Waals surface area contributed by atoms with E-state index >= 15 is 0 Å². The number of ether oxygens (including phenoxy) is 1. The van der Waals surface area contributed by atoms with E-state index in [2.05, 4.69) is 4.74 Å². The molecule has 0 fully saturated rings. The number of aliphatic carboxylic acids is 2. The Morgan fingerprint density at radius 2 is 1.13 bits per heavy atom. The van der Waals surface area contributed by atoms with Gasteiger partial charge in [0.25, 0.3) is 0 Å². The van der Waals surface area contributed by atoms with E-state index in [0.717, 1.165) is 0 Å². The Hall–Kier alpha value is 0.820. The summed E-state index contributed by atoms with van der Waals surface area (Å²) in [6.45, 7) is 2.56. The van der Waals surface area contributed by atoms with Gasteiger partial charge < -0.3 is 25.9 Å². The molecule has 0 saturated carbocycles. The molecule has 0 aromatic carbocycles. The Morgan fingerprint density at radius 1 is 0.933 bits per heavy atom. The minimum atomic E-state index is -1.17. The predicted octanol–water partition coefficient (Wildman–Crippen LogP) is -6.40. The molecule has 15 heavy (non-hydrogen) atoms. The summed E-state index contributed by atoms with van der Waals surface area (Å²) >= 11 is 0. The van der Waals surface area contributed by atoms with Gasteiger partial charge in [-0.25, -0.2) is 9.59 Å². The molecule has 4 N–H and O–H groups in total. The van der Waals surface area contributed by atoms with Crippen molar-refractivity contribution in [2.24, 2.45) is 0 Å². The summed E-state index contributed by atoms with van der Waals surface area (Å²) in [4.78, 5) is 20.3. The van der Waals surface area contributed by atoms with Crippen LogP contribution in [0.2, 0.25) is 0 Å². The van der Waals surface area contributed by atoms with Gasteiger partial charge in [0.2, 0.25) is 0 Å². The van der Waals surface area contributed by atoms with Crippen LogP contribution in [-0.4, -0.2) is 45.3 Å². The van der Waals surface area contributed by atoms with Crippen LogP contribution in [0.5, 0.6) is 0 Å². The third kappa shape index (κ3) is 14.8. The molecule has 0 saturated heterocycles. The maximum atomic E-state index is 10.1. The van der Waals surface area contributed by atoms with Crippen LogP contribution >= 0.6 is 0 Å². The van der Waals surface area contributed by atoms with Gasteiger partial charge in [0.05, 0.1) is 0 Å². The van der Waals surface area contributed by atoms with Crippen LogP contribution in [0.1, 0.15) is 13.8 Å². The molecule has 0 radical (unpaired) electrons. The first-order valence-corrected chi connectivity index (χ1v) is 3.06. The van der Waals surface area contributed by atoms with Crippen molar-refractivity contribution in [3.05, 3.63) is 0 Å². The van der Waals surface area contributed by atoms with E-state index in [1.165, 1.54) is 13.8 Å². The van der Waals surface area contributed by atoms with Crippen LogP contribution in [0.4, 0.5) is 0 Å². The number of carboxylic acid groups (broad SMARTS) is 2. The summed E-state index contributed by atoms with van der Waals surface area (Å²) in [5.41, 5.74) is 0. The van der Waals surface area contributed by atoms with Crippen LogP contribution in [0.3, 0.4) is 0 Å². The van der Waals surface area contributed by atoms with Gasteiger partial charge in [-0.2, -0.15) is 0 Å². The molecule has 0 aromatic rings. The molecule has 0 amide bonds. The third-order valence-corrected chi connectivity index (χ3v) is 1.10. The van der Waals surface area contributed by atoms with Crippen LogP contribution < -0.4 is 59.1 Å². The maximum Gasteiger partial charge on any atom is 1.00 e. The molecule has 0 bridgehead atoms. The topological polar surface area (TPSA) is 144 Å². The molecule has 7 nitrogen and oxygen atoms in total. The van der Waals surface area contributed by atoms with Gasteiger partial charge in [0.15, 0.2) is 12.2 Å². The number of carbonyl (C=O) groups is 2. The van der Waals surface area contributed by atoms with Crippen molar-refractivity contribution < 1.29 is 94.6 Å². The quantitative estimate of drug-likeness (QED) is 0.466. The van der Waals surface area contributed by atoms with Gasteiger partial charge >= 0.3 is 71.1 Å². The number of rotatable bonds is 4. The van der Waals surface area contributed by atoms with Crippen molar-refractivity contribution in [2.45, 2.75) is 26.1 Å². The van der Waals surface area contributed by atoms with E-state index in [9.17, 15) is 9.59 Å². The number of hydrogen-bond acceptors (Lipinski definition) is 5. The maximum absolute atomic E-state index is 10.1. The molecule has 0 rings (SSSR count). The second-order valence-electron chi connectivity index (χ2n) is 2.10. The first-order chi connectivity index (χ1) is 4.95. The third-order valence-electron chi connectivity index (χ3n) is 1.10. The van der Waals surface area contributed by atoms with Gasteiger partial charge in [0.1, 0.15) is 0 Å². The predicted molar refractivity (Wildman–Crippen MR) is 39.2 cm³/mol. The van der Waals surface area contributed by atoms with Gasteiger partial charge in [0, 0.05) is 0 Å². The minimum absolute atomic E-state index is 0. The van der Waals surface area contributed by atoms with Crippen molar-refractivity contribution in [3.63, 3.8) is 0 Å². The minimum Gasteiger partial charge on any atom is -0.870 e. The van der Waals surface area contributed by atoms with Crippen molar-refractivity contribution in [3.8, 4) is 0 Å². The Labute approximate surface area is 131 Å². The van der Waals surface area contributed by atoms with Gasteiger partial charge in [-0.05, 0) is 13.8 Å². The van der Waals surface area contributed by atoms with E-state index in [-0.39, 0.29) is 70.1 Å². The molecule has 2 unspecified atom stereocenters. The van der Waals surface area contributed by atoms with E-state index in [1.54, 1.807) is 0 Å². The molecule has 80 valence electrons. The molecule has 0 aromatic heterocycles. The summed E-state index contributed by atoms with van der Waals surface area (Å²) in [5.74, 6) is -2.34. The van der Waals surface area contributed by atoms with E-state index in [0.29, 0.717) is 0 Å². The average molecular weight is 242 g/mol. The fraction of sp³-hybridized carbons (Fsp3) is 0.667. The largest absolute Gasteiger partial charge is 1.00 e. The molecule has 0 spiro atoms. The van der Waals surface area contributed by atoms with Crippen molar-refractivity contribution in [2.75, 3.05) is 0 Å². The molecule has 9 heteroatoms.